The zero-order valence-electron chi connectivity index (χ0n) is 13.4. The minimum Gasteiger partial charge on any atom is -0.368 e. The number of aromatic nitrogens is 2. The zero-order valence-corrected chi connectivity index (χ0v) is 13.4. The number of hydrogen-bond donors (Lipinski definition) is 2. The summed E-state index contributed by atoms with van der Waals surface area (Å²) in [5.41, 5.74) is 0.507. The highest BCUT2D eigenvalue weighted by atomic mass is 19.1. The van der Waals surface area contributed by atoms with Crippen LogP contribution in [-0.4, -0.2) is 15.6 Å². The van der Waals surface area contributed by atoms with E-state index in [9.17, 15) is 14.0 Å². The number of aromatic amines is 1. The minimum atomic E-state index is -0.560. The molecule has 1 aliphatic rings. The summed E-state index contributed by atoms with van der Waals surface area (Å²) in [6, 6.07) is 4.41. The standard InChI is InChI=1S/C17H20FN3O2/c1-9(2)14-5-4-13-15(19-14)20-17(23)21(16(13)22)12-7-10(3)6-11(18)8-12/h6-9,14,19H,4-5H2,1-3H3,(H,20,23)/t14-/m1/s1. The molecule has 0 saturated heterocycles. The molecule has 1 aliphatic heterocycles. The highest BCUT2D eigenvalue weighted by Gasteiger charge is 2.25. The molecular weight excluding hydrogens is 297 g/mol. The van der Waals surface area contributed by atoms with E-state index in [1.165, 1.54) is 12.1 Å². The summed E-state index contributed by atoms with van der Waals surface area (Å²) in [5, 5.41) is 3.24. The van der Waals surface area contributed by atoms with Crippen LogP contribution >= 0.6 is 0 Å². The Hall–Kier alpha value is -2.37. The number of halogens is 1. The van der Waals surface area contributed by atoms with Crippen LogP contribution in [0.4, 0.5) is 10.2 Å². The SMILES string of the molecule is Cc1cc(F)cc(-n2c(=O)[nH]c3c(c2=O)CC[C@H](C(C)C)N3)c1. The van der Waals surface area contributed by atoms with E-state index in [-0.39, 0.29) is 17.3 Å². The Balaban J connectivity index is 2.15. The maximum atomic E-state index is 13.6. The summed E-state index contributed by atoms with van der Waals surface area (Å²) in [7, 11) is 0. The van der Waals surface area contributed by atoms with Gasteiger partial charge in [0.15, 0.2) is 0 Å². The van der Waals surface area contributed by atoms with Gasteiger partial charge in [-0.15, -0.1) is 0 Å². The van der Waals surface area contributed by atoms with E-state index < -0.39 is 11.5 Å². The molecule has 5 nitrogen and oxygen atoms in total. The largest absolute Gasteiger partial charge is 0.368 e. The second-order valence-corrected chi connectivity index (χ2v) is 6.44. The molecule has 122 valence electrons. The Morgan fingerprint density at radius 1 is 1.26 bits per heavy atom. The molecule has 3 rings (SSSR count). The van der Waals surface area contributed by atoms with Crippen LogP contribution in [0.5, 0.6) is 0 Å². The van der Waals surface area contributed by atoms with Crippen LogP contribution in [0.2, 0.25) is 0 Å². The molecule has 0 saturated carbocycles. The Labute approximate surface area is 133 Å². The van der Waals surface area contributed by atoms with Crippen LogP contribution in [0.1, 0.15) is 31.4 Å². The van der Waals surface area contributed by atoms with E-state index in [1.807, 2.05) is 0 Å². The normalized spacial score (nSPS) is 17.0. The van der Waals surface area contributed by atoms with Gasteiger partial charge in [0.05, 0.1) is 11.3 Å². The summed E-state index contributed by atoms with van der Waals surface area (Å²) in [5.74, 6) is 0.427. The minimum absolute atomic E-state index is 0.227. The van der Waals surface area contributed by atoms with E-state index in [1.54, 1.807) is 13.0 Å². The second-order valence-electron chi connectivity index (χ2n) is 6.44. The number of benzene rings is 1. The van der Waals surface area contributed by atoms with Crippen molar-refractivity contribution in [1.82, 2.24) is 9.55 Å². The Kier molecular flexibility index (Phi) is 3.83. The number of anilines is 1. The fraction of sp³-hybridized carbons (Fsp3) is 0.412. The van der Waals surface area contributed by atoms with Gasteiger partial charge in [-0.05, 0) is 49.4 Å². The van der Waals surface area contributed by atoms with E-state index in [0.29, 0.717) is 29.3 Å². The lowest BCUT2D eigenvalue weighted by molar-refractivity contribution is 0.477. The number of fused-ring (bicyclic) bond motifs is 1. The van der Waals surface area contributed by atoms with Crippen LogP contribution < -0.4 is 16.6 Å². The molecule has 0 fully saturated rings. The zero-order chi connectivity index (χ0) is 16.7. The predicted octanol–water partition coefficient (Wildman–Crippen LogP) is 2.36. The van der Waals surface area contributed by atoms with Crippen molar-refractivity contribution in [3.63, 3.8) is 0 Å². The van der Waals surface area contributed by atoms with Gasteiger partial charge in [0.2, 0.25) is 0 Å². The van der Waals surface area contributed by atoms with Gasteiger partial charge in [0.1, 0.15) is 11.6 Å². The van der Waals surface area contributed by atoms with Gasteiger partial charge in [-0.2, -0.15) is 0 Å². The number of nitrogens with zero attached hydrogens (tertiary/aromatic N) is 1. The quantitative estimate of drug-likeness (QED) is 0.893. The van der Waals surface area contributed by atoms with Gasteiger partial charge in [-0.3, -0.25) is 9.78 Å². The van der Waals surface area contributed by atoms with Crippen LogP contribution in [0, 0.1) is 18.7 Å². The lowest BCUT2D eigenvalue weighted by Crippen LogP contribution is -2.41. The monoisotopic (exact) mass is 317 g/mol. The third-order valence-electron chi connectivity index (χ3n) is 4.32. The van der Waals surface area contributed by atoms with Crippen molar-refractivity contribution in [3.05, 3.63) is 56.0 Å². The van der Waals surface area contributed by atoms with Crippen molar-refractivity contribution < 1.29 is 4.39 Å². The van der Waals surface area contributed by atoms with Crippen LogP contribution in [-0.2, 0) is 6.42 Å². The maximum absolute atomic E-state index is 13.6. The van der Waals surface area contributed by atoms with Crippen LogP contribution in [0.3, 0.4) is 0 Å². The highest BCUT2D eigenvalue weighted by molar-refractivity contribution is 5.48. The van der Waals surface area contributed by atoms with Crippen molar-refractivity contribution >= 4 is 5.82 Å². The first-order valence-electron chi connectivity index (χ1n) is 7.79. The molecule has 1 atom stereocenters. The van der Waals surface area contributed by atoms with Gasteiger partial charge in [-0.1, -0.05) is 13.8 Å². The van der Waals surface area contributed by atoms with Gasteiger partial charge in [0.25, 0.3) is 5.56 Å². The van der Waals surface area contributed by atoms with Crippen LogP contribution in [0.25, 0.3) is 5.69 Å². The number of aryl methyl sites for hydroxylation is 1. The third-order valence-corrected chi connectivity index (χ3v) is 4.32. The Morgan fingerprint density at radius 2 is 2.00 bits per heavy atom. The molecule has 2 aromatic rings. The van der Waals surface area contributed by atoms with E-state index >= 15 is 0 Å². The molecule has 0 amide bonds. The molecule has 0 spiro atoms. The first kappa shape index (κ1) is 15.5. The summed E-state index contributed by atoms with van der Waals surface area (Å²) in [6.07, 6.45) is 1.42. The first-order valence-corrected chi connectivity index (χ1v) is 7.79. The Morgan fingerprint density at radius 3 is 2.65 bits per heavy atom. The number of H-pyrrole nitrogens is 1. The van der Waals surface area contributed by atoms with Crippen molar-refractivity contribution in [2.45, 2.75) is 39.7 Å². The third kappa shape index (κ3) is 2.81. The van der Waals surface area contributed by atoms with Crippen molar-refractivity contribution in [3.8, 4) is 5.69 Å². The molecule has 0 bridgehead atoms. The lowest BCUT2D eigenvalue weighted by atomic mass is 9.93. The maximum Gasteiger partial charge on any atom is 0.334 e. The van der Waals surface area contributed by atoms with Crippen molar-refractivity contribution in [1.29, 1.82) is 0 Å². The molecule has 6 heteroatoms. The molecule has 2 heterocycles. The van der Waals surface area contributed by atoms with Crippen LogP contribution in [0.15, 0.2) is 27.8 Å². The fourth-order valence-electron chi connectivity index (χ4n) is 3.07. The first-order chi connectivity index (χ1) is 10.9. The predicted molar refractivity (Wildman–Crippen MR) is 87.9 cm³/mol. The lowest BCUT2D eigenvalue weighted by Gasteiger charge is -2.29. The molecule has 23 heavy (non-hydrogen) atoms. The second kappa shape index (κ2) is 5.68. The molecular formula is C17H20FN3O2. The number of rotatable bonds is 2. The number of hydrogen-bond acceptors (Lipinski definition) is 3. The molecule has 2 N–H and O–H groups in total. The van der Waals surface area contributed by atoms with Gasteiger partial charge in [0, 0.05) is 6.04 Å². The smallest absolute Gasteiger partial charge is 0.334 e. The molecule has 1 aromatic heterocycles. The molecule has 0 aliphatic carbocycles. The summed E-state index contributed by atoms with van der Waals surface area (Å²) >= 11 is 0. The van der Waals surface area contributed by atoms with Gasteiger partial charge >= 0.3 is 5.69 Å². The molecule has 0 unspecified atom stereocenters. The summed E-state index contributed by atoms with van der Waals surface area (Å²) < 4.78 is 14.6. The highest BCUT2D eigenvalue weighted by Crippen LogP contribution is 2.23. The van der Waals surface area contributed by atoms with E-state index in [4.69, 9.17) is 0 Å². The van der Waals surface area contributed by atoms with E-state index in [0.717, 1.165) is 11.0 Å². The Bertz CT molecular complexity index is 847. The summed E-state index contributed by atoms with van der Waals surface area (Å²) in [4.78, 5) is 27.8. The van der Waals surface area contributed by atoms with E-state index in [2.05, 4.69) is 24.1 Å². The van der Waals surface area contributed by atoms with Crippen molar-refractivity contribution in [2.75, 3.05) is 5.32 Å². The number of nitrogens with one attached hydrogen (secondary N) is 2. The molecule has 1 aromatic carbocycles. The fourth-order valence-corrected chi connectivity index (χ4v) is 3.07. The molecule has 0 radical (unpaired) electrons. The topological polar surface area (TPSA) is 66.9 Å². The van der Waals surface area contributed by atoms with Gasteiger partial charge < -0.3 is 5.32 Å². The summed E-state index contributed by atoms with van der Waals surface area (Å²) in [6.45, 7) is 5.91. The van der Waals surface area contributed by atoms with Gasteiger partial charge in [-0.25, -0.2) is 13.8 Å². The van der Waals surface area contributed by atoms with Crippen molar-refractivity contribution in [2.24, 2.45) is 5.92 Å². The average Bonchev–Trinajstić information content (AvgIpc) is 2.45. The average molecular weight is 317 g/mol.